The van der Waals surface area contributed by atoms with Crippen molar-refractivity contribution < 1.29 is 4.74 Å². The molecule has 124 valence electrons. The van der Waals surface area contributed by atoms with Gasteiger partial charge in [-0.15, -0.1) is 0 Å². The van der Waals surface area contributed by atoms with Crippen molar-refractivity contribution in [3.05, 3.63) is 59.2 Å². The first kappa shape index (κ1) is 15.2. The summed E-state index contributed by atoms with van der Waals surface area (Å²) in [7, 11) is 0. The Morgan fingerprint density at radius 3 is 2.67 bits per heavy atom. The number of hydrogen-bond acceptors (Lipinski definition) is 4. The summed E-state index contributed by atoms with van der Waals surface area (Å²) in [5, 5.41) is 0. The Morgan fingerprint density at radius 2 is 1.88 bits per heavy atom. The van der Waals surface area contributed by atoms with E-state index >= 15 is 0 Å². The van der Waals surface area contributed by atoms with Crippen LogP contribution < -0.4 is 10.6 Å². The molecule has 0 bridgehead atoms. The van der Waals surface area contributed by atoms with Gasteiger partial charge in [-0.25, -0.2) is 0 Å². The molecule has 0 spiro atoms. The number of morpholine rings is 1. The molecule has 0 amide bonds. The summed E-state index contributed by atoms with van der Waals surface area (Å²) in [6, 6.07) is 14.7. The molecule has 4 nitrogen and oxygen atoms in total. The lowest BCUT2D eigenvalue weighted by atomic mass is 9.99. The smallest absolute Gasteiger partial charge is 0.0728 e. The molecule has 0 aliphatic carbocycles. The maximum atomic E-state index is 5.97. The van der Waals surface area contributed by atoms with Gasteiger partial charge in [-0.3, -0.25) is 4.99 Å². The first-order chi connectivity index (χ1) is 11.6. The third-order valence-corrected chi connectivity index (χ3v) is 4.70. The molecule has 0 saturated carbocycles. The number of fused-ring (bicyclic) bond motifs is 1. The third kappa shape index (κ3) is 2.78. The molecule has 4 rings (SSSR count). The van der Waals surface area contributed by atoms with Gasteiger partial charge in [0.2, 0.25) is 0 Å². The van der Waals surface area contributed by atoms with Crippen LogP contribution in [-0.2, 0) is 11.3 Å². The van der Waals surface area contributed by atoms with Gasteiger partial charge in [0.15, 0.2) is 0 Å². The normalized spacial score (nSPS) is 23.1. The summed E-state index contributed by atoms with van der Waals surface area (Å²) in [4.78, 5) is 7.15. The Balaban J connectivity index is 1.66. The average Bonchev–Trinajstić information content (AvgIpc) is 2.97. The van der Waals surface area contributed by atoms with Gasteiger partial charge in [-0.2, -0.15) is 0 Å². The summed E-state index contributed by atoms with van der Waals surface area (Å²) >= 11 is 0. The maximum Gasteiger partial charge on any atom is 0.0728 e. The van der Waals surface area contributed by atoms with Gasteiger partial charge >= 0.3 is 0 Å². The standard InChI is InChI=1S/C20H23N3O/c1-13-11-23(12-14(2)24-13)18-5-3-4-15(8-18)20-19-9-17(21)7-6-16(19)10-22-20/h3-9,13-14H,10-12,21H2,1-2H3/t13-,14+. The SMILES string of the molecule is C[C@@H]1CN(c2cccc(C3=NCc4ccc(N)cc43)c2)C[C@H](C)O1. The van der Waals surface area contributed by atoms with Crippen molar-refractivity contribution in [1.29, 1.82) is 0 Å². The third-order valence-electron chi connectivity index (χ3n) is 4.70. The molecule has 2 aliphatic rings. The molecule has 2 N–H and O–H groups in total. The Hall–Kier alpha value is -2.33. The molecule has 2 aromatic rings. The lowest BCUT2D eigenvalue weighted by Crippen LogP contribution is -2.45. The van der Waals surface area contributed by atoms with Crippen LogP contribution in [0.5, 0.6) is 0 Å². The largest absolute Gasteiger partial charge is 0.399 e. The van der Waals surface area contributed by atoms with Crippen LogP contribution in [0.25, 0.3) is 0 Å². The van der Waals surface area contributed by atoms with Crippen LogP contribution in [0.15, 0.2) is 47.5 Å². The fourth-order valence-corrected chi connectivity index (χ4v) is 3.69. The van der Waals surface area contributed by atoms with E-state index in [1.807, 2.05) is 12.1 Å². The van der Waals surface area contributed by atoms with E-state index in [1.54, 1.807) is 0 Å². The molecule has 2 aliphatic heterocycles. The first-order valence-electron chi connectivity index (χ1n) is 8.54. The molecule has 1 saturated heterocycles. The highest BCUT2D eigenvalue weighted by atomic mass is 16.5. The zero-order valence-corrected chi connectivity index (χ0v) is 14.2. The average molecular weight is 321 g/mol. The van der Waals surface area contributed by atoms with Crippen molar-refractivity contribution in [1.82, 2.24) is 0 Å². The highest BCUT2D eigenvalue weighted by Gasteiger charge is 2.23. The monoisotopic (exact) mass is 321 g/mol. The van der Waals surface area contributed by atoms with Crippen molar-refractivity contribution in [2.24, 2.45) is 4.99 Å². The number of benzene rings is 2. The summed E-state index contributed by atoms with van der Waals surface area (Å²) in [6.45, 7) is 6.84. The van der Waals surface area contributed by atoms with Gasteiger partial charge in [-0.1, -0.05) is 18.2 Å². The summed E-state index contributed by atoms with van der Waals surface area (Å²) in [5.74, 6) is 0. The predicted octanol–water partition coefficient (Wildman–Crippen LogP) is 3.23. The number of nitrogens with zero attached hydrogens (tertiary/aromatic N) is 2. The molecule has 2 atom stereocenters. The highest BCUT2D eigenvalue weighted by Crippen LogP contribution is 2.28. The zero-order chi connectivity index (χ0) is 16.7. The van der Waals surface area contributed by atoms with E-state index in [9.17, 15) is 0 Å². The fourth-order valence-electron chi connectivity index (χ4n) is 3.69. The van der Waals surface area contributed by atoms with Gasteiger partial charge in [-0.05, 0) is 43.7 Å². The van der Waals surface area contributed by atoms with Crippen LogP contribution in [0, 0.1) is 0 Å². The number of nitrogen functional groups attached to an aromatic ring is 1. The minimum Gasteiger partial charge on any atom is -0.399 e. The van der Waals surface area contributed by atoms with E-state index in [0.717, 1.165) is 42.2 Å². The molecule has 4 heteroatoms. The van der Waals surface area contributed by atoms with Gasteiger partial charge < -0.3 is 15.4 Å². The van der Waals surface area contributed by atoms with Crippen molar-refractivity contribution in [2.75, 3.05) is 23.7 Å². The van der Waals surface area contributed by atoms with Crippen LogP contribution in [0.2, 0.25) is 0 Å². The zero-order valence-electron chi connectivity index (χ0n) is 14.2. The first-order valence-corrected chi connectivity index (χ1v) is 8.54. The Morgan fingerprint density at radius 1 is 1.08 bits per heavy atom. The number of nitrogens with two attached hydrogens (primary N) is 1. The van der Waals surface area contributed by atoms with Crippen LogP contribution in [0.3, 0.4) is 0 Å². The number of rotatable bonds is 2. The minimum atomic E-state index is 0.252. The van der Waals surface area contributed by atoms with E-state index in [1.165, 1.54) is 11.3 Å². The Labute approximate surface area is 143 Å². The maximum absolute atomic E-state index is 5.97. The number of ether oxygens (including phenoxy) is 1. The molecule has 2 heterocycles. The van der Waals surface area contributed by atoms with Gasteiger partial charge in [0.25, 0.3) is 0 Å². The second kappa shape index (κ2) is 5.95. The number of anilines is 2. The highest BCUT2D eigenvalue weighted by molar-refractivity contribution is 6.15. The minimum absolute atomic E-state index is 0.252. The molecule has 1 fully saturated rings. The quantitative estimate of drug-likeness (QED) is 0.864. The molecule has 24 heavy (non-hydrogen) atoms. The van der Waals surface area contributed by atoms with E-state index < -0.39 is 0 Å². The second-order valence-electron chi connectivity index (χ2n) is 6.79. The Bertz CT molecular complexity index is 789. The predicted molar refractivity (Wildman–Crippen MR) is 98.9 cm³/mol. The molecular formula is C20H23N3O. The van der Waals surface area contributed by atoms with Gasteiger partial charge in [0.1, 0.15) is 0 Å². The van der Waals surface area contributed by atoms with Gasteiger partial charge in [0.05, 0.1) is 24.5 Å². The van der Waals surface area contributed by atoms with E-state index in [0.29, 0.717) is 0 Å². The van der Waals surface area contributed by atoms with Crippen molar-refractivity contribution >= 4 is 17.1 Å². The summed E-state index contributed by atoms with van der Waals surface area (Å²) in [6.07, 6.45) is 0.503. The van der Waals surface area contributed by atoms with Crippen LogP contribution in [0.4, 0.5) is 11.4 Å². The summed E-state index contributed by atoms with van der Waals surface area (Å²) < 4.78 is 5.85. The van der Waals surface area contributed by atoms with E-state index in [4.69, 9.17) is 15.5 Å². The molecule has 0 aromatic heterocycles. The molecule has 0 unspecified atom stereocenters. The van der Waals surface area contributed by atoms with E-state index in [-0.39, 0.29) is 12.2 Å². The number of hydrogen-bond donors (Lipinski definition) is 1. The summed E-state index contributed by atoms with van der Waals surface area (Å²) in [5.41, 5.74) is 12.6. The number of aliphatic imine (C=N–C) groups is 1. The molecule has 2 aromatic carbocycles. The Kier molecular flexibility index (Phi) is 3.77. The van der Waals surface area contributed by atoms with Crippen molar-refractivity contribution in [3.63, 3.8) is 0 Å². The topological polar surface area (TPSA) is 50.8 Å². The lowest BCUT2D eigenvalue weighted by molar-refractivity contribution is -0.00521. The van der Waals surface area contributed by atoms with Crippen LogP contribution >= 0.6 is 0 Å². The lowest BCUT2D eigenvalue weighted by Gasteiger charge is -2.37. The van der Waals surface area contributed by atoms with Crippen LogP contribution in [-0.4, -0.2) is 31.0 Å². The van der Waals surface area contributed by atoms with Crippen molar-refractivity contribution in [2.45, 2.75) is 32.6 Å². The fraction of sp³-hybridized carbons (Fsp3) is 0.350. The molecular weight excluding hydrogens is 298 g/mol. The van der Waals surface area contributed by atoms with Crippen molar-refractivity contribution in [3.8, 4) is 0 Å². The van der Waals surface area contributed by atoms with E-state index in [2.05, 4.69) is 49.1 Å². The molecule has 0 radical (unpaired) electrons. The van der Waals surface area contributed by atoms with Gasteiger partial charge in [0, 0.05) is 35.6 Å². The van der Waals surface area contributed by atoms with Crippen LogP contribution in [0.1, 0.15) is 30.5 Å². The second-order valence-corrected chi connectivity index (χ2v) is 6.79.